The number of furan rings is 1. The highest BCUT2D eigenvalue weighted by Crippen LogP contribution is 2.21. The number of amides is 2. The fraction of sp³-hybridized carbons (Fsp3) is 0.167. The van der Waals surface area contributed by atoms with Crippen molar-refractivity contribution in [2.75, 3.05) is 36.4 Å². The summed E-state index contributed by atoms with van der Waals surface area (Å²) in [6.45, 7) is 2.34. The summed E-state index contributed by atoms with van der Waals surface area (Å²) in [4.78, 5) is 28.4. The fourth-order valence-corrected chi connectivity index (χ4v) is 3.46. The molecule has 1 aromatic heterocycles. The standard InChI is InChI=1S/C24H22FN3O3/c25-22-6-2-1-5-21(22)24(30)28-15-13-27(14-16-28)19-9-7-18(8-10-19)26-23(29)12-11-20-4-3-17-31-20/h1-12,17H,13-16H2,(H,26,29). The number of carbonyl (C=O) groups excluding carboxylic acids is 2. The summed E-state index contributed by atoms with van der Waals surface area (Å²) in [5.41, 5.74) is 1.80. The summed E-state index contributed by atoms with van der Waals surface area (Å²) >= 11 is 0. The molecule has 7 heteroatoms. The number of rotatable bonds is 5. The van der Waals surface area contributed by atoms with Crippen LogP contribution in [0.4, 0.5) is 15.8 Å². The maximum Gasteiger partial charge on any atom is 0.256 e. The smallest absolute Gasteiger partial charge is 0.256 e. The summed E-state index contributed by atoms with van der Waals surface area (Å²) < 4.78 is 19.0. The minimum absolute atomic E-state index is 0.108. The zero-order valence-corrected chi connectivity index (χ0v) is 16.8. The van der Waals surface area contributed by atoms with E-state index in [9.17, 15) is 14.0 Å². The molecule has 0 saturated carbocycles. The van der Waals surface area contributed by atoms with Gasteiger partial charge in [-0.15, -0.1) is 0 Å². The zero-order chi connectivity index (χ0) is 21.6. The second kappa shape index (κ2) is 9.30. The van der Waals surface area contributed by atoms with Crippen LogP contribution in [0.5, 0.6) is 0 Å². The molecule has 1 aliphatic heterocycles. The molecule has 1 aliphatic rings. The Labute approximate surface area is 179 Å². The maximum atomic E-state index is 13.9. The highest BCUT2D eigenvalue weighted by molar-refractivity contribution is 6.01. The van der Waals surface area contributed by atoms with Crippen LogP contribution >= 0.6 is 0 Å². The Balaban J connectivity index is 1.30. The minimum atomic E-state index is -0.494. The normalized spacial score (nSPS) is 14.1. The van der Waals surface area contributed by atoms with Crippen molar-refractivity contribution in [3.05, 3.63) is 90.1 Å². The number of halogens is 1. The van der Waals surface area contributed by atoms with Gasteiger partial charge in [0.2, 0.25) is 5.91 Å². The van der Waals surface area contributed by atoms with Crippen molar-refractivity contribution in [3.63, 3.8) is 0 Å². The molecule has 1 N–H and O–H groups in total. The SMILES string of the molecule is O=C(C=Cc1ccco1)Nc1ccc(N2CCN(C(=O)c3ccccc3F)CC2)cc1. The molecule has 1 fully saturated rings. The van der Waals surface area contributed by atoms with Crippen LogP contribution in [-0.4, -0.2) is 42.9 Å². The Morgan fingerprint density at radius 1 is 0.935 bits per heavy atom. The molecular weight excluding hydrogens is 397 g/mol. The second-order valence-corrected chi connectivity index (χ2v) is 7.14. The van der Waals surface area contributed by atoms with Gasteiger partial charge in [0.15, 0.2) is 0 Å². The third kappa shape index (κ3) is 5.01. The molecule has 2 amide bonds. The van der Waals surface area contributed by atoms with Gasteiger partial charge in [0.05, 0.1) is 11.8 Å². The molecular formula is C24H22FN3O3. The van der Waals surface area contributed by atoms with E-state index in [0.29, 0.717) is 37.6 Å². The van der Waals surface area contributed by atoms with Crippen LogP contribution in [-0.2, 0) is 4.79 Å². The van der Waals surface area contributed by atoms with Crippen LogP contribution in [0.25, 0.3) is 6.08 Å². The molecule has 4 rings (SSSR count). The molecule has 2 aromatic carbocycles. The lowest BCUT2D eigenvalue weighted by Gasteiger charge is -2.36. The number of piperazine rings is 1. The molecule has 1 saturated heterocycles. The number of anilines is 2. The molecule has 2 heterocycles. The van der Waals surface area contributed by atoms with Gasteiger partial charge >= 0.3 is 0 Å². The Kier molecular flexibility index (Phi) is 6.12. The number of benzene rings is 2. The quantitative estimate of drug-likeness (QED) is 0.634. The number of hydrogen-bond acceptors (Lipinski definition) is 4. The molecule has 0 aliphatic carbocycles. The van der Waals surface area contributed by atoms with Gasteiger partial charge < -0.3 is 19.5 Å². The summed E-state index contributed by atoms with van der Waals surface area (Å²) in [5, 5.41) is 2.81. The molecule has 6 nitrogen and oxygen atoms in total. The number of nitrogens with zero attached hydrogens (tertiary/aromatic N) is 2. The third-order valence-corrected chi connectivity index (χ3v) is 5.11. The van der Waals surface area contributed by atoms with Crippen LogP contribution in [0.1, 0.15) is 16.1 Å². The molecule has 0 unspecified atom stereocenters. The lowest BCUT2D eigenvalue weighted by Crippen LogP contribution is -2.49. The molecule has 0 bridgehead atoms. The number of nitrogens with one attached hydrogen (secondary N) is 1. The van der Waals surface area contributed by atoms with Gasteiger partial charge in [0.25, 0.3) is 5.91 Å². The minimum Gasteiger partial charge on any atom is -0.465 e. The summed E-state index contributed by atoms with van der Waals surface area (Å²) in [5.74, 6) is -0.410. The Bertz CT molecular complexity index is 1070. The Morgan fingerprint density at radius 2 is 1.68 bits per heavy atom. The average Bonchev–Trinajstić information content (AvgIpc) is 3.32. The second-order valence-electron chi connectivity index (χ2n) is 7.14. The van der Waals surface area contributed by atoms with E-state index in [-0.39, 0.29) is 17.4 Å². The summed E-state index contributed by atoms with van der Waals surface area (Å²) in [6, 6.07) is 17.1. The van der Waals surface area contributed by atoms with Crippen LogP contribution in [0.15, 0.2) is 77.4 Å². The van der Waals surface area contributed by atoms with Gasteiger partial charge in [-0.3, -0.25) is 9.59 Å². The predicted molar refractivity (Wildman–Crippen MR) is 117 cm³/mol. The molecule has 0 radical (unpaired) electrons. The van der Waals surface area contributed by atoms with Crippen LogP contribution in [0, 0.1) is 5.82 Å². The van der Waals surface area contributed by atoms with Crippen LogP contribution in [0.3, 0.4) is 0 Å². The third-order valence-electron chi connectivity index (χ3n) is 5.11. The van der Waals surface area contributed by atoms with E-state index in [1.54, 1.807) is 41.5 Å². The number of hydrogen-bond donors (Lipinski definition) is 1. The lowest BCUT2D eigenvalue weighted by atomic mass is 10.1. The van der Waals surface area contributed by atoms with Gasteiger partial charge in [-0.25, -0.2) is 4.39 Å². The first kappa shape index (κ1) is 20.4. The van der Waals surface area contributed by atoms with Gasteiger partial charge in [-0.2, -0.15) is 0 Å². The van der Waals surface area contributed by atoms with E-state index < -0.39 is 5.82 Å². The van der Waals surface area contributed by atoms with E-state index in [2.05, 4.69) is 10.2 Å². The monoisotopic (exact) mass is 419 g/mol. The lowest BCUT2D eigenvalue weighted by molar-refractivity contribution is -0.111. The van der Waals surface area contributed by atoms with Gasteiger partial charge in [0, 0.05) is 43.6 Å². The van der Waals surface area contributed by atoms with E-state index in [4.69, 9.17) is 4.42 Å². The first-order chi connectivity index (χ1) is 15.1. The van der Waals surface area contributed by atoms with Crippen molar-refractivity contribution >= 4 is 29.3 Å². The molecule has 0 atom stereocenters. The molecule has 31 heavy (non-hydrogen) atoms. The zero-order valence-electron chi connectivity index (χ0n) is 16.8. The fourth-order valence-electron chi connectivity index (χ4n) is 3.46. The summed E-state index contributed by atoms with van der Waals surface area (Å²) in [6.07, 6.45) is 4.57. The molecule has 0 spiro atoms. The average molecular weight is 419 g/mol. The van der Waals surface area contributed by atoms with Crippen LogP contribution in [0.2, 0.25) is 0 Å². The van der Waals surface area contributed by atoms with Gasteiger partial charge in [-0.1, -0.05) is 12.1 Å². The van der Waals surface area contributed by atoms with E-state index in [0.717, 1.165) is 5.69 Å². The Morgan fingerprint density at radius 3 is 2.35 bits per heavy atom. The molecule has 158 valence electrons. The van der Waals surface area contributed by atoms with Crippen molar-refractivity contribution in [2.45, 2.75) is 0 Å². The highest BCUT2D eigenvalue weighted by Gasteiger charge is 2.24. The van der Waals surface area contributed by atoms with Gasteiger partial charge in [0.1, 0.15) is 11.6 Å². The van der Waals surface area contributed by atoms with Crippen molar-refractivity contribution in [1.29, 1.82) is 0 Å². The van der Waals surface area contributed by atoms with Crippen molar-refractivity contribution in [3.8, 4) is 0 Å². The van der Waals surface area contributed by atoms with Crippen LogP contribution < -0.4 is 10.2 Å². The van der Waals surface area contributed by atoms with Crippen molar-refractivity contribution in [2.24, 2.45) is 0 Å². The first-order valence-corrected chi connectivity index (χ1v) is 10.0. The summed E-state index contributed by atoms with van der Waals surface area (Å²) in [7, 11) is 0. The van der Waals surface area contributed by atoms with E-state index in [1.807, 2.05) is 24.3 Å². The Hall–Kier alpha value is -3.87. The maximum absolute atomic E-state index is 13.9. The van der Waals surface area contributed by atoms with E-state index in [1.165, 1.54) is 18.2 Å². The number of carbonyl (C=O) groups is 2. The predicted octanol–water partition coefficient (Wildman–Crippen LogP) is 4.03. The first-order valence-electron chi connectivity index (χ1n) is 10.0. The van der Waals surface area contributed by atoms with E-state index >= 15 is 0 Å². The topological polar surface area (TPSA) is 65.8 Å². The van der Waals surface area contributed by atoms with Crippen molar-refractivity contribution < 1.29 is 18.4 Å². The highest BCUT2D eigenvalue weighted by atomic mass is 19.1. The molecule has 3 aromatic rings. The van der Waals surface area contributed by atoms with Crippen molar-refractivity contribution in [1.82, 2.24) is 4.90 Å². The van der Waals surface area contributed by atoms with Gasteiger partial charge in [-0.05, 0) is 54.6 Å². The largest absolute Gasteiger partial charge is 0.465 e.